The first-order chi connectivity index (χ1) is 22.9. The van der Waals surface area contributed by atoms with Crippen molar-refractivity contribution in [2.24, 2.45) is 0 Å². The Balaban J connectivity index is 1.14. The zero-order chi connectivity index (χ0) is 32.6. The summed E-state index contributed by atoms with van der Waals surface area (Å²) in [4.78, 5) is 25.5. The maximum Gasteiger partial charge on any atom is 0.303 e. The molecule has 0 saturated carbocycles. The second-order valence-electron chi connectivity index (χ2n) is 12.6. The number of hydrogen-bond acceptors (Lipinski definition) is 8. The fourth-order valence-corrected chi connectivity index (χ4v) is 6.64. The van der Waals surface area contributed by atoms with Gasteiger partial charge in [0, 0.05) is 63.8 Å². The molecule has 0 aromatic heterocycles. The van der Waals surface area contributed by atoms with Crippen LogP contribution in [0.1, 0.15) is 73.2 Å². The van der Waals surface area contributed by atoms with Crippen molar-refractivity contribution in [1.82, 2.24) is 10.2 Å². The van der Waals surface area contributed by atoms with E-state index in [1.807, 2.05) is 60.7 Å². The standard InChI is InChI=1S/C37H44N2O8/c40-25-26-8-10-28(11-9-26)33-22-31(24-39-18-16-37(17-19-39)44-20-21-45-37)46-36(47-33)29-14-12-27(13-15-29)32-5-2-1-4-30(32)23-38-34(41)6-3-7-35(42)43/h1-2,4-5,8-15,31,33,36,40H,3,6-7,16-25H2,(H,38,41)(H,42,43). The van der Waals surface area contributed by atoms with E-state index in [2.05, 4.69) is 22.3 Å². The van der Waals surface area contributed by atoms with Gasteiger partial charge in [-0.2, -0.15) is 0 Å². The van der Waals surface area contributed by atoms with Crippen molar-refractivity contribution in [2.75, 3.05) is 32.8 Å². The number of nitrogens with zero attached hydrogens (tertiary/aromatic N) is 1. The molecule has 3 N–H and O–H groups in total. The molecule has 1 amide bonds. The molecule has 3 unspecified atom stereocenters. The molecule has 1 spiro atoms. The predicted molar refractivity (Wildman–Crippen MR) is 174 cm³/mol. The van der Waals surface area contributed by atoms with Crippen LogP contribution in [0.4, 0.5) is 0 Å². The Morgan fingerprint density at radius 3 is 2.28 bits per heavy atom. The number of ether oxygens (including phenoxy) is 4. The zero-order valence-corrected chi connectivity index (χ0v) is 26.6. The number of aliphatic hydroxyl groups is 1. The number of carbonyl (C=O) groups excluding carboxylic acids is 1. The van der Waals surface area contributed by atoms with Crippen LogP contribution in [0.2, 0.25) is 0 Å². The number of piperidine rings is 1. The van der Waals surface area contributed by atoms with Crippen molar-refractivity contribution in [2.45, 2.75) is 76.0 Å². The number of nitrogens with one attached hydrogen (secondary N) is 1. The second-order valence-corrected chi connectivity index (χ2v) is 12.6. The Morgan fingerprint density at radius 1 is 0.872 bits per heavy atom. The number of amides is 1. The van der Waals surface area contributed by atoms with Gasteiger partial charge in [-0.1, -0.05) is 72.8 Å². The largest absolute Gasteiger partial charge is 0.481 e. The molecule has 3 fully saturated rings. The third kappa shape index (κ3) is 8.64. The molecule has 3 aliphatic rings. The number of carboxylic acid groups (broad SMARTS) is 1. The summed E-state index contributed by atoms with van der Waals surface area (Å²) in [7, 11) is 0. The summed E-state index contributed by atoms with van der Waals surface area (Å²) in [5, 5.41) is 21.3. The number of carbonyl (C=O) groups is 2. The van der Waals surface area contributed by atoms with Gasteiger partial charge in [-0.3, -0.25) is 9.59 Å². The Morgan fingerprint density at radius 2 is 1.57 bits per heavy atom. The summed E-state index contributed by atoms with van der Waals surface area (Å²) in [6, 6.07) is 24.0. The van der Waals surface area contributed by atoms with Gasteiger partial charge in [-0.15, -0.1) is 0 Å². The van der Waals surface area contributed by atoms with Crippen molar-refractivity contribution in [3.8, 4) is 11.1 Å². The maximum atomic E-state index is 12.3. The van der Waals surface area contributed by atoms with Crippen molar-refractivity contribution >= 4 is 11.9 Å². The number of benzene rings is 3. The molecular weight excluding hydrogens is 600 g/mol. The van der Waals surface area contributed by atoms with E-state index in [4.69, 9.17) is 24.1 Å². The third-order valence-corrected chi connectivity index (χ3v) is 9.29. The monoisotopic (exact) mass is 644 g/mol. The van der Waals surface area contributed by atoms with Crippen LogP contribution < -0.4 is 5.32 Å². The average molecular weight is 645 g/mol. The molecule has 0 radical (unpaired) electrons. The smallest absolute Gasteiger partial charge is 0.303 e. The van der Waals surface area contributed by atoms with Gasteiger partial charge in [0.25, 0.3) is 0 Å². The average Bonchev–Trinajstić information content (AvgIpc) is 3.56. The molecule has 3 heterocycles. The first kappa shape index (κ1) is 33.3. The molecule has 3 aromatic carbocycles. The van der Waals surface area contributed by atoms with E-state index in [0.717, 1.165) is 72.3 Å². The molecular formula is C37H44N2O8. The minimum Gasteiger partial charge on any atom is -0.481 e. The van der Waals surface area contributed by atoms with Crippen LogP contribution in [0.25, 0.3) is 11.1 Å². The van der Waals surface area contributed by atoms with Gasteiger partial charge in [0.05, 0.1) is 32.0 Å². The van der Waals surface area contributed by atoms with Gasteiger partial charge in [-0.25, -0.2) is 0 Å². The highest BCUT2D eigenvalue weighted by molar-refractivity contribution is 5.77. The molecule has 47 heavy (non-hydrogen) atoms. The topological polar surface area (TPSA) is 127 Å². The van der Waals surface area contributed by atoms with E-state index in [1.165, 1.54) is 0 Å². The van der Waals surface area contributed by atoms with Crippen LogP contribution in [0.15, 0.2) is 72.8 Å². The van der Waals surface area contributed by atoms with Gasteiger partial charge in [-0.05, 0) is 34.2 Å². The first-order valence-corrected chi connectivity index (χ1v) is 16.6. The fourth-order valence-electron chi connectivity index (χ4n) is 6.64. The molecule has 3 aromatic rings. The lowest BCUT2D eigenvalue weighted by molar-refractivity contribution is -0.255. The fraction of sp³-hybridized carbons (Fsp3) is 0.459. The van der Waals surface area contributed by atoms with E-state index in [9.17, 15) is 14.7 Å². The summed E-state index contributed by atoms with van der Waals surface area (Å²) < 4.78 is 25.1. The molecule has 10 heteroatoms. The lowest BCUT2D eigenvalue weighted by Crippen LogP contribution is -2.48. The first-order valence-electron chi connectivity index (χ1n) is 16.6. The van der Waals surface area contributed by atoms with E-state index < -0.39 is 18.0 Å². The summed E-state index contributed by atoms with van der Waals surface area (Å²) in [6.45, 7) is 4.24. The van der Waals surface area contributed by atoms with E-state index in [0.29, 0.717) is 26.2 Å². The highest BCUT2D eigenvalue weighted by Gasteiger charge is 2.41. The Hall–Kier alpha value is -3.64. The highest BCUT2D eigenvalue weighted by atomic mass is 16.7. The summed E-state index contributed by atoms with van der Waals surface area (Å²) >= 11 is 0. The zero-order valence-electron chi connectivity index (χ0n) is 26.6. The molecule has 6 rings (SSSR count). The van der Waals surface area contributed by atoms with Crippen molar-refractivity contribution < 1.29 is 38.7 Å². The molecule has 250 valence electrons. The van der Waals surface area contributed by atoms with Crippen LogP contribution in [0.5, 0.6) is 0 Å². The van der Waals surface area contributed by atoms with Crippen LogP contribution >= 0.6 is 0 Å². The second kappa shape index (κ2) is 15.5. The van der Waals surface area contributed by atoms with Gasteiger partial charge in [0.2, 0.25) is 5.91 Å². The molecule has 0 bridgehead atoms. The highest BCUT2D eigenvalue weighted by Crippen LogP contribution is 2.39. The predicted octanol–water partition coefficient (Wildman–Crippen LogP) is 5.10. The molecule has 3 atom stereocenters. The van der Waals surface area contributed by atoms with Gasteiger partial charge in [0.15, 0.2) is 12.1 Å². The van der Waals surface area contributed by atoms with Gasteiger partial charge >= 0.3 is 5.97 Å². The lowest BCUT2D eigenvalue weighted by Gasteiger charge is -2.41. The number of carboxylic acids is 1. The molecule has 0 aliphatic carbocycles. The number of likely N-dealkylation sites (tertiary alicyclic amines) is 1. The molecule has 3 aliphatic heterocycles. The number of hydrogen-bond donors (Lipinski definition) is 3. The van der Waals surface area contributed by atoms with Gasteiger partial charge < -0.3 is 39.4 Å². The third-order valence-electron chi connectivity index (χ3n) is 9.29. The SMILES string of the molecule is O=C(O)CCCC(=O)NCc1ccccc1-c1ccc(C2OC(CN3CCC4(CC3)OCCO4)CC(c3ccc(CO)cc3)O2)cc1. The van der Waals surface area contributed by atoms with Crippen molar-refractivity contribution in [3.05, 3.63) is 95.1 Å². The van der Waals surface area contributed by atoms with Crippen LogP contribution in [-0.4, -0.2) is 71.7 Å². The quantitative estimate of drug-likeness (QED) is 0.247. The minimum atomic E-state index is -0.900. The summed E-state index contributed by atoms with van der Waals surface area (Å²) in [5.74, 6) is -1.48. The van der Waals surface area contributed by atoms with E-state index in [-0.39, 0.29) is 37.6 Å². The van der Waals surface area contributed by atoms with E-state index >= 15 is 0 Å². The van der Waals surface area contributed by atoms with Gasteiger partial charge in [0.1, 0.15) is 0 Å². The molecule has 10 nitrogen and oxygen atoms in total. The molecule has 3 saturated heterocycles. The van der Waals surface area contributed by atoms with E-state index in [1.54, 1.807) is 0 Å². The number of aliphatic carboxylic acids is 1. The van der Waals surface area contributed by atoms with Crippen LogP contribution in [0.3, 0.4) is 0 Å². The van der Waals surface area contributed by atoms with Crippen molar-refractivity contribution in [1.29, 1.82) is 0 Å². The summed E-state index contributed by atoms with van der Waals surface area (Å²) in [5.41, 5.74) is 5.83. The number of aliphatic hydroxyl groups excluding tert-OH is 1. The normalized spacial score (nSPS) is 22.7. The Labute approximate surface area is 275 Å². The van der Waals surface area contributed by atoms with Crippen LogP contribution in [-0.2, 0) is 41.7 Å². The van der Waals surface area contributed by atoms with Crippen molar-refractivity contribution in [3.63, 3.8) is 0 Å². The number of rotatable bonds is 12. The summed E-state index contributed by atoms with van der Waals surface area (Å²) in [6.07, 6.45) is 2.13. The van der Waals surface area contributed by atoms with Crippen LogP contribution in [0, 0.1) is 0 Å². The minimum absolute atomic E-state index is 0.00130. The Kier molecular flexibility index (Phi) is 11.0. The maximum absolute atomic E-state index is 12.3. The lowest BCUT2D eigenvalue weighted by atomic mass is 9.97. The Bertz CT molecular complexity index is 1480.